The lowest BCUT2D eigenvalue weighted by atomic mass is 10.2. The van der Waals surface area contributed by atoms with Gasteiger partial charge in [0.25, 0.3) is 0 Å². The molecule has 0 bridgehead atoms. The zero-order valence-corrected chi connectivity index (χ0v) is 5.20. The second-order valence-electron chi connectivity index (χ2n) is 1.53. The quantitative estimate of drug-likeness (QED) is 0.542. The summed E-state index contributed by atoms with van der Waals surface area (Å²) in [4.78, 5) is 19.2. The highest BCUT2D eigenvalue weighted by Gasteiger charge is 1.91. The highest BCUT2D eigenvalue weighted by molar-refractivity contribution is 5.01. The van der Waals surface area contributed by atoms with Gasteiger partial charge in [0.2, 0.25) is 0 Å². The molecule has 0 aromatic carbocycles. The van der Waals surface area contributed by atoms with Crippen LogP contribution in [0.3, 0.4) is 0 Å². The molecule has 50 valence electrons. The summed E-state index contributed by atoms with van der Waals surface area (Å²) in [7, 11) is 0. The van der Waals surface area contributed by atoms with Crippen molar-refractivity contribution >= 4 is 0 Å². The Labute approximate surface area is 52.9 Å². The van der Waals surface area contributed by atoms with Gasteiger partial charge in [0.15, 0.2) is 0 Å². The minimum absolute atomic E-state index is 0.0717. The molecule has 9 heavy (non-hydrogen) atoms. The van der Waals surface area contributed by atoms with Crippen molar-refractivity contribution in [2.45, 2.75) is 13.3 Å². The van der Waals surface area contributed by atoms with Crippen LogP contribution < -0.4 is 0 Å². The standard InChI is InChI=1S/C5H8N2O2/c1-2-5(3-6-8)4-7-9/h3H,2,4H2,1H3. The van der Waals surface area contributed by atoms with E-state index in [0.29, 0.717) is 12.0 Å². The molecule has 0 aromatic heterocycles. The van der Waals surface area contributed by atoms with Crippen LogP contribution in [0.5, 0.6) is 0 Å². The number of hydrogen-bond donors (Lipinski definition) is 0. The van der Waals surface area contributed by atoms with Gasteiger partial charge in [0, 0.05) is 0 Å². The van der Waals surface area contributed by atoms with E-state index in [0.717, 1.165) is 6.20 Å². The summed E-state index contributed by atoms with van der Waals surface area (Å²) in [6.45, 7) is 1.91. The molecule has 0 radical (unpaired) electrons. The third kappa shape index (κ3) is 3.52. The van der Waals surface area contributed by atoms with Gasteiger partial charge in [-0.05, 0) is 17.2 Å². The first-order valence-corrected chi connectivity index (χ1v) is 2.64. The molecule has 0 aliphatic rings. The molecule has 0 fully saturated rings. The predicted octanol–water partition coefficient (Wildman–Crippen LogP) is 1.81. The molecule has 4 nitrogen and oxygen atoms in total. The van der Waals surface area contributed by atoms with Gasteiger partial charge < -0.3 is 0 Å². The summed E-state index contributed by atoms with van der Waals surface area (Å²) in [5, 5.41) is 5.12. The molecule has 0 aliphatic carbocycles. The summed E-state index contributed by atoms with van der Waals surface area (Å²) in [6.07, 6.45) is 1.78. The summed E-state index contributed by atoms with van der Waals surface area (Å²) in [5.74, 6) is 0. The smallest absolute Gasteiger partial charge is 0.104 e. The number of nitroso groups, excluding NO2 is 2. The van der Waals surface area contributed by atoms with Crippen LogP contribution in [0.4, 0.5) is 0 Å². The molecule has 4 heteroatoms. The lowest BCUT2D eigenvalue weighted by Crippen LogP contribution is -1.83. The molecule has 0 rings (SSSR count). The molecular weight excluding hydrogens is 120 g/mol. The SMILES string of the molecule is CCC(=CN=O)CN=O. The normalized spacial score (nSPS) is 11.0. The second kappa shape index (κ2) is 5.08. The van der Waals surface area contributed by atoms with E-state index in [-0.39, 0.29) is 6.54 Å². The Morgan fingerprint density at radius 2 is 2.22 bits per heavy atom. The molecule has 0 unspecified atom stereocenters. The highest BCUT2D eigenvalue weighted by atomic mass is 16.3. The first kappa shape index (κ1) is 7.94. The first-order chi connectivity index (χ1) is 4.35. The molecule has 0 aromatic rings. The van der Waals surface area contributed by atoms with E-state index < -0.39 is 0 Å². The minimum atomic E-state index is 0.0717. The van der Waals surface area contributed by atoms with E-state index in [4.69, 9.17) is 0 Å². The van der Waals surface area contributed by atoms with Crippen molar-refractivity contribution in [1.82, 2.24) is 0 Å². The fourth-order valence-corrected chi connectivity index (χ4v) is 0.401. The zero-order chi connectivity index (χ0) is 7.11. The largest absolute Gasteiger partial charge is 0.150 e. The molecule has 0 saturated heterocycles. The Balaban J connectivity index is 3.79. The maximum absolute atomic E-state index is 9.61. The Kier molecular flexibility index (Phi) is 4.49. The van der Waals surface area contributed by atoms with E-state index in [2.05, 4.69) is 10.4 Å². The van der Waals surface area contributed by atoms with Gasteiger partial charge in [-0.15, -0.1) is 4.91 Å². The maximum atomic E-state index is 9.61. The van der Waals surface area contributed by atoms with Crippen LogP contribution in [0.1, 0.15) is 13.3 Å². The van der Waals surface area contributed by atoms with E-state index in [1.54, 1.807) is 0 Å². The van der Waals surface area contributed by atoms with Gasteiger partial charge in [-0.1, -0.05) is 12.1 Å². The zero-order valence-electron chi connectivity index (χ0n) is 5.20. The molecule has 0 aliphatic heterocycles. The molecule has 0 N–H and O–H groups in total. The van der Waals surface area contributed by atoms with Crippen LogP contribution in [0.15, 0.2) is 22.1 Å². The Bertz CT molecular complexity index is 131. The first-order valence-electron chi connectivity index (χ1n) is 2.64. The number of hydrogen-bond acceptors (Lipinski definition) is 4. The van der Waals surface area contributed by atoms with Crippen molar-refractivity contribution in [1.29, 1.82) is 0 Å². The number of rotatable bonds is 4. The average molecular weight is 128 g/mol. The second-order valence-corrected chi connectivity index (χ2v) is 1.53. The lowest BCUT2D eigenvalue weighted by Gasteiger charge is -1.90. The summed E-state index contributed by atoms with van der Waals surface area (Å²) in [5.41, 5.74) is 0.667. The summed E-state index contributed by atoms with van der Waals surface area (Å²) in [6, 6.07) is 0. The average Bonchev–Trinajstić information content (AvgIpc) is 1.88. The van der Waals surface area contributed by atoms with Gasteiger partial charge in [-0.25, -0.2) is 0 Å². The molecule has 0 heterocycles. The van der Waals surface area contributed by atoms with E-state index in [9.17, 15) is 9.81 Å². The van der Waals surface area contributed by atoms with Crippen LogP contribution in [0, 0.1) is 9.81 Å². The Morgan fingerprint density at radius 1 is 1.56 bits per heavy atom. The third-order valence-corrected chi connectivity index (χ3v) is 0.957. The lowest BCUT2D eigenvalue weighted by molar-refractivity contribution is 0.991. The monoisotopic (exact) mass is 128 g/mol. The minimum Gasteiger partial charge on any atom is -0.150 e. The van der Waals surface area contributed by atoms with E-state index >= 15 is 0 Å². The van der Waals surface area contributed by atoms with Crippen molar-refractivity contribution in [3.63, 3.8) is 0 Å². The van der Waals surface area contributed by atoms with Gasteiger partial charge in [-0.3, -0.25) is 0 Å². The van der Waals surface area contributed by atoms with Gasteiger partial charge >= 0.3 is 0 Å². The molecule has 0 spiro atoms. The topological polar surface area (TPSA) is 58.9 Å². The van der Waals surface area contributed by atoms with Crippen LogP contribution in [-0.4, -0.2) is 6.54 Å². The summed E-state index contributed by atoms with van der Waals surface area (Å²) < 4.78 is 0. The van der Waals surface area contributed by atoms with Crippen molar-refractivity contribution in [2.75, 3.05) is 6.54 Å². The highest BCUT2D eigenvalue weighted by Crippen LogP contribution is 1.99. The number of nitrogens with zero attached hydrogens (tertiary/aromatic N) is 2. The van der Waals surface area contributed by atoms with Gasteiger partial charge in [0.05, 0.1) is 6.20 Å². The molecule has 0 amide bonds. The fourth-order valence-electron chi connectivity index (χ4n) is 0.401. The van der Waals surface area contributed by atoms with Crippen molar-refractivity contribution in [3.8, 4) is 0 Å². The van der Waals surface area contributed by atoms with Crippen molar-refractivity contribution < 1.29 is 0 Å². The molecular formula is C5H8N2O2. The van der Waals surface area contributed by atoms with E-state index in [1.807, 2.05) is 6.92 Å². The predicted molar refractivity (Wildman–Crippen MR) is 34.8 cm³/mol. The van der Waals surface area contributed by atoms with Crippen LogP contribution >= 0.6 is 0 Å². The van der Waals surface area contributed by atoms with Crippen LogP contribution in [0.2, 0.25) is 0 Å². The van der Waals surface area contributed by atoms with Crippen LogP contribution in [-0.2, 0) is 0 Å². The fraction of sp³-hybridized carbons (Fsp3) is 0.600. The van der Waals surface area contributed by atoms with Crippen LogP contribution in [0.25, 0.3) is 0 Å². The Hall–Kier alpha value is -1.06. The summed E-state index contributed by atoms with van der Waals surface area (Å²) >= 11 is 0. The molecule has 0 atom stereocenters. The molecule has 0 saturated carbocycles. The Morgan fingerprint density at radius 3 is 2.56 bits per heavy atom. The van der Waals surface area contributed by atoms with Gasteiger partial charge in [-0.2, -0.15) is 4.91 Å². The van der Waals surface area contributed by atoms with E-state index in [1.165, 1.54) is 0 Å². The maximum Gasteiger partial charge on any atom is 0.104 e. The van der Waals surface area contributed by atoms with Crippen molar-refractivity contribution in [2.24, 2.45) is 10.4 Å². The van der Waals surface area contributed by atoms with Gasteiger partial charge in [0.1, 0.15) is 6.54 Å². The third-order valence-electron chi connectivity index (χ3n) is 0.957. The van der Waals surface area contributed by atoms with Crippen molar-refractivity contribution in [3.05, 3.63) is 21.6 Å².